The Balaban J connectivity index is 1.30. The number of carbonyl (C=O) groups excluding carboxylic acids is 1. The van der Waals surface area contributed by atoms with Crippen LogP contribution in [-0.4, -0.2) is 69.7 Å². The monoisotopic (exact) mass is 425 g/mol. The molecule has 0 radical (unpaired) electrons. The van der Waals surface area contributed by atoms with Crippen molar-refractivity contribution in [2.24, 2.45) is 5.92 Å². The average Bonchev–Trinajstić information content (AvgIpc) is 3.41. The molecule has 1 amide bonds. The molecule has 4 heterocycles. The Bertz CT molecular complexity index is 914. The van der Waals surface area contributed by atoms with Gasteiger partial charge >= 0.3 is 0 Å². The Morgan fingerprint density at radius 3 is 2.74 bits per heavy atom. The Morgan fingerprint density at radius 1 is 1.13 bits per heavy atom. The van der Waals surface area contributed by atoms with Crippen molar-refractivity contribution in [2.75, 3.05) is 39.4 Å². The summed E-state index contributed by atoms with van der Waals surface area (Å²) in [5.74, 6) is 1.28. The minimum absolute atomic E-state index is 0.330. The zero-order valence-electron chi connectivity index (χ0n) is 18.8. The van der Waals surface area contributed by atoms with E-state index >= 15 is 0 Å². The topological polar surface area (TPSA) is 63.0 Å². The average molecular weight is 426 g/mol. The van der Waals surface area contributed by atoms with Crippen LogP contribution in [0.4, 0.5) is 0 Å². The zero-order chi connectivity index (χ0) is 21.2. The van der Waals surface area contributed by atoms with E-state index in [0.717, 1.165) is 70.1 Å². The smallest absolute Gasteiger partial charge is 0.222 e. The minimum Gasteiger partial charge on any atom is -0.379 e. The quantitative estimate of drug-likeness (QED) is 0.736. The number of hydrogen-bond acceptors (Lipinski definition) is 5. The van der Waals surface area contributed by atoms with Gasteiger partial charge in [0.2, 0.25) is 5.91 Å². The van der Waals surface area contributed by atoms with Gasteiger partial charge in [0.25, 0.3) is 0 Å². The number of hydrogen-bond donors (Lipinski definition) is 0. The molecule has 2 aromatic heterocycles. The molecule has 2 saturated heterocycles. The van der Waals surface area contributed by atoms with Crippen molar-refractivity contribution in [3.63, 3.8) is 0 Å². The summed E-state index contributed by atoms with van der Waals surface area (Å²) in [6.07, 6.45) is 10.0. The minimum atomic E-state index is 0.330. The summed E-state index contributed by atoms with van der Waals surface area (Å²) in [4.78, 5) is 22.1. The molecule has 0 bridgehead atoms. The standard InChI is InChI=1S/C24H35N5O2/c1-18-21(17-27-11-13-31-14-12-27)24-25-9-7-22(29(24)26-18)20-8-10-28(16-20)23(30)15-19-5-3-2-4-6-19/h7,9,19-20H,2-6,8,10-17H2,1H3/t20-/m1/s1. The van der Waals surface area contributed by atoms with Crippen LogP contribution in [0.2, 0.25) is 0 Å². The van der Waals surface area contributed by atoms with Crippen molar-refractivity contribution in [1.29, 1.82) is 0 Å². The number of aryl methyl sites for hydroxylation is 1. The first-order chi connectivity index (χ1) is 15.2. The third-order valence-corrected chi connectivity index (χ3v) is 7.48. The van der Waals surface area contributed by atoms with Gasteiger partial charge in [-0.15, -0.1) is 0 Å². The Kier molecular flexibility index (Phi) is 6.23. The summed E-state index contributed by atoms with van der Waals surface area (Å²) in [6.45, 7) is 8.12. The number of fused-ring (bicyclic) bond motifs is 1. The Morgan fingerprint density at radius 2 is 1.94 bits per heavy atom. The number of ether oxygens (including phenoxy) is 1. The lowest BCUT2D eigenvalue weighted by atomic mass is 9.87. The molecule has 168 valence electrons. The van der Waals surface area contributed by atoms with Crippen molar-refractivity contribution >= 4 is 11.6 Å². The van der Waals surface area contributed by atoms with E-state index in [1.165, 1.54) is 43.4 Å². The predicted octanol–water partition coefficient (Wildman–Crippen LogP) is 3.16. The number of likely N-dealkylation sites (tertiary alicyclic amines) is 1. The van der Waals surface area contributed by atoms with Gasteiger partial charge in [0.15, 0.2) is 5.65 Å². The van der Waals surface area contributed by atoms with Crippen molar-refractivity contribution in [3.05, 3.63) is 29.2 Å². The molecule has 5 rings (SSSR count). The molecule has 7 heteroatoms. The van der Waals surface area contributed by atoms with E-state index in [2.05, 4.69) is 22.8 Å². The first-order valence-corrected chi connectivity index (χ1v) is 12.1. The van der Waals surface area contributed by atoms with E-state index in [-0.39, 0.29) is 0 Å². The van der Waals surface area contributed by atoms with Crippen LogP contribution in [0.3, 0.4) is 0 Å². The molecule has 0 spiro atoms. The first kappa shape index (κ1) is 20.9. The normalized spacial score (nSPS) is 23.6. The maximum Gasteiger partial charge on any atom is 0.222 e. The van der Waals surface area contributed by atoms with E-state index in [1.54, 1.807) is 0 Å². The lowest BCUT2D eigenvalue weighted by Gasteiger charge is -2.26. The second kappa shape index (κ2) is 9.25. The van der Waals surface area contributed by atoms with Crippen molar-refractivity contribution in [3.8, 4) is 0 Å². The van der Waals surface area contributed by atoms with Gasteiger partial charge in [-0.2, -0.15) is 5.10 Å². The zero-order valence-corrected chi connectivity index (χ0v) is 18.8. The fraction of sp³-hybridized carbons (Fsp3) is 0.708. The maximum absolute atomic E-state index is 12.9. The van der Waals surface area contributed by atoms with E-state index < -0.39 is 0 Å². The summed E-state index contributed by atoms with van der Waals surface area (Å²) in [5, 5.41) is 4.88. The molecule has 0 N–H and O–H groups in total. The molecular formula is C24H35N5O2. The van der Waals surface area contributed by atoms with Crippen molar-refractivity contribution in [1.82, 2.24) is 24.4 Å². The Labute approximate surface area is 184 Å². The van der Waals surface area contributed by atoms with Gasteiger partial charge in [-0.3, -0.25) is 9.69 Å². The van der Waals surface area contributed by atoms with Gasteiger partial charge in [-0.25, -0.2) is 9.50 Å². The number of carbonyl (C=O) groups is 1. The molecule has 0 unspecified atom stereocenters. The third kappa shape index (κ3) is 4.48. The fourth-order valence-electron chi connectivity index (χ4n) is 5.59. The van der Waals surface area contributed by atoms with Crippen LogP contribution < -0.4 is 0 Å². The number of amides is 1. The molecule has 2 aliphatic heterocycles. The second-order valence-corrected chi connectivity index (χ2v) is 9.59. The highest BCUT2D eigenvalue weighted by Gasteiger charge is 2.31. The van der Waals surface area contributed by atoms with Crippen molar-refractivity contribution < 1.29 is 9.53 Å². The van der Waals surface area contributed by atoms with E-state index in [0.29, 0.717) is 17.7 Å². The number of rotatable bonds is 5. The van der Waals surface area contributed by atoms with Crippen molar-refractivity contribution in [2.45, 2.75) is 64.3 Å². The number of nitrogens with zero attached hydrogens (tertiary/aromatic N) is 5. The van der Waals surface area contributed by atoms with Gasteiger partial charge in [0, 0.05) is 56.8 Å². The van der Waals surface area contributed by atoms with Crippen LogP contribution in [0.5, 0.6) is 0 Å². The third-order valence-electron chi connectivity index (χ3n) is 7.48. The predicted molar refractivity (Wildman–Crippen MR) is 119 cm³/mol. The summed E-state index contributed by atoms with van der Waals surface area (Å²) in [7, 11) is 0. The molecule has 0 aromatic carbocycles. The van der Waals surface area contributed by atoms with E-state index in [1.807, 2.05) is 10.7 Å². The molecule has 1 saturated carbocycles. The molecule has 31 heavy (non-hydrogen) atoms. The Hall–Kier alpha value is -1.99. The molecule has 3 aliphatic rings. The SMILES string of the molecule is Cc1nn2c([C@@H]3CCN(C(=O)CC4CCCCC4)C3)ccnc2c1CN1CCOCC1. The van der Waals surface area contributed by atoms with Crippen LogP contribution in [0.15, 0.2) is 12.3 Å². The fourth-order valence-corrected chi connectivity index (χ4v) is 5.59. The van der Waals surface area contributed by atoms with Gasteiger partial charge in [0.05, 0.1) is 24.6 Å². The van der Waals surface area contributed by atoms with E-state index in [9.17, 15) is 4.79 Å². The summed E-state index contributed by atoms with van der Waals surface area (Å²) < 4.78 is 7.54. The van der Waals surface area contributed by atoms with Crippen LogP contribution in [0.1, 0.15) is 67.8 Å². The van der Waals surface area contributed by atoms with Gasteiger partial charge in [-0.1, -0.05) is 19.3 Å². The summed E-state index contributed by atoms with van der Waals surface area (Å²) >= 11 is 0. The molecule has 3 fully saturated rings. The highest BCUT2D eigenvalue weighted by Crippen LogP contribution is 2.31. The number of morpholine rings is 1. The molecule has 1 aliphatic carbocycles. The van der Waals surface area contributed by atoms with Crippen LogP contribution >= 0.6 is 0 Å². The van der Waals surface area contributed by atoms with Gasteiger partial charge in [-0.05, 0) is 38.2 Å². The first-order valence-electron chi connectivity index (χ1n) is 12.1. The van der Waals surface area contributed by atoms with Gasteiger partial charge in [0.1, 0.15) is 0 Å². The van der Waals surface area contributed by atoms with Crippen LogP contribution in [0.25, 0.3) is 5.65 Å². The highest BCUT2D eigenvalue weighted by atomic mass is 16.5. The second-order valence-electron chi connectivity index (χ2n) is 9.59. The van der Waals surface area contributed by atoms with Gasteiger partial charge < -0.3 is 9.64 Å². The maximum atomic E-state index is 12.9. The van der Waals surface area contributed by atoms with E-state index in [4.69, 9.17) is 14.8 Å². The molecular weight excluding hydrogens is 390 g/mol. The molecule has 1 atom stereocenters. The van der Waals surface area contributed by atoms with Crippen LogP contribution in [-0.2, 0) is 16.1 Å². The van der Waals surface area contributed by atoms with Crippen LogP contribution in [0, 0.1) is 12.8 Å². The highest BCUT2D eigenvalue weighted by molar-refractivity contribution is 5.76. The lowest BCUT2D eigenvalue weighted by molar-refractivity contribution is -0.131. The number of aromatic nitrogens is 3. The summed E-state index contributed by atoms with van der Waals surface area (Å²) in [5.41, 5.74) is 4.42. The summed E-state index contributed by atoms with van der Waals surface area (Å²) in [6, 6.07) is 2.09. The lowest BCUT2D eigenvalue weighted by Crippen LogP contribution is -2.35. The largest absolute Gasteiger partial charge is 0.379 e. The molecule has 2 aromatic rings. The molecule has 7 nitrogen and oxygen atoms in total.